The van der Waals surface area contributed by atoms with E-state index in [1.807, 2.05) is 41.7 Å². The average Bonchev–Trinajstić information content (AvgIpc) is 2.75. The van der Waals surface area contributed by atoms with Crippen LogP contribution in [0.2, 0.25) is 0 Å². The Hall–Kier alpha value is -1.56. The molecule has 2 aromatic rings. The van der Waals surface area contributed by atoms with Crippen molar-refractivity contribution in [3.05, 3.63) is 57.3 Å². The maximum atomic E-state index is 3.46. The number of nitrogens with one attached hydrogen (secondary N) is 1. The molecule has 0 aliphatic heterocycles. The molecule has 1 unspecified atom stereocenters. The maximum absolute atomic E-state index is 3.46. The fourth-order valence-electron chi connectivity index (χ4n) is 2.06. The molecule has 1 heterocycles. The third kappa shape index (κ3) is 3.96. The van der Waals surface area contributed by atoms with Crippen LogP contribution in [0.25, 0.3) is 0 Å². The van der Waals surface area contributed by atoms with Gasteiger partial charge in [0.25, 0.3) is 0 Å². The molecule has 0 saturated heterocycles. The van der Waals surface area contributed by atoms with Gasteiger partial charge in [-0.2, -0.15) is 0 Å². The molecule has 0 spiro atoms. The van der Waals surface area contributed by atoms with E-state index in [1.165, 1.54) is 15.3 Å². The lowest BCUT2D eigenvalue weighted by Gasteiger charge is -2.11. The van der Waals surface area contributed by atoms with E-state index in [1.54, 1.807) is 0 Å². The minimum absolute atomic E-state index is 0.357. The lowest BCUT2D eigenvalue weighted by Crippen LogP contribution is -2.18. The van der Waals surface area contributed by atoms with E-state index in [0.29, 0.717) is 12.6 Å². The smallest absolute Gasteiger partial charge is 0.0584 e. The van der Waals surface area contributed by atoms with Crippen LogP contribution in [-0.4, -0.2) is 6.54 Å². The summed E-state index contributed by atoms with van der Waals surface area (Å²) in [6.07, 6.45) is 0. The third-order valence-electron chi connectivity index (χ3n) is 3.05. The van der Waals surface area contributed by atoms with Crippen LogP contribution >= 0.6 is 11.3 Å². The molecule has 0 fully saturated rings. The molecule has 1 N–H and O–H groups in total. The van der Waals surface area contributed by atoms with Crippen molar-refractivity contribution in [2.45, 2.75) is 26.8 Å². The molecule has 98 valence electrons. The van der Waals surface area contributed by atoms with Gasteiger partial charge in [0.05, 0.1) is 6.54 Å². The van der Waals surface area contributed by atoms with Gasteiger partial charge >= 0.3 is 0 Å². The predicted octanol–water partition coefficient (Wildman–Crippen LogP) is 4.07. The summed E-state index contributed by atoms with van der Waals surface area (Å²) in [4.78, 5) is 2.77. The first kappa shape index (κ1) is 13.9. The number of thiophene rings is 1. The second-order valence-electron chi connectivity index (χ2n) is 4.64. The van der Waals surface area contributed by atoms with Gasteiger partial charge in [-0.3, -0.25) is 5.32 Å². The van der Waals surface area contributed by atoms with E-state index in [0.717, 1.165) is 5.56 Å². The van der Waals surface area contributed by atoms with Gasteiger partial charge in [-0.1, -0.05) is 30.0 Å². The first-order valence-corrected chi connectivity index (χ1v) is 7.32. The Kier molecular flexibility index (Phi) is 4.79. The Balaban J connectivity index is 1.90. The van der Waals surface area contributed by atoms with Crippen LogP contribution < -0.4 is 5.32 Å². The number of rotatable bonds is 3. The number of hydrogen-bond donors (Lipinski definition) is 1. The van der Waals surface area contributed by atoms with Crippen molar-refractivity contribution in [3.8, 4) is 11.8 Å². The van der Waals surface area contributed by atoms with Crippen LogP contribution in [0.1, 0.15) is 33.8 Å². The van der Waals surface area contributed by atoms with Gasteiger partial charge < -0.3 is 0 Å². The molecular formula is C17H19NS. The van der Waals surface area contributed by atoms with E-state index in [9.17, 15) is 0 Å². The summed E-state index contributed by atoms with van der Waals surface area (Å²) in [5.41, 5.74) is 2.46. The molecule has 1 aromatic heterocycles. The van der Waals surface area contributed by atoms with Gasteiger partial charge in [-0.25, -0.2) is 0 Å². The fourth-order valence-corrected chi connectivity index (χ4v) is 3.08. The fraction of sp³-hybridized carbons (Fsp3) is 0.294. The minimum Gasteiger partial charge on any atom is -0.300 e. The third-order valence-corrected chi connectivity index (χ3v) is 4.03. The van der Waals surface area contributed by atoms with Crippen LogP contribution in [-0.2, 0) is 0 Å². The molecule has 1 aromatic carbocycles. The summed E-state index contributed by atoms with van der Waals surface area (Å²) in [6.45, 7) is 7.24. The normalized spacial score (nSPS) is 11.7. The van der Waals surface area contributed by atoms with E-state index < -0.39 is 0 Å². The SMILES string of the molecule is Cc1cc(C(C)NCC#Cc2ccccc2)c(C)s1. The van der Waals surface area contributed by atoms with Gasteiger partial charge in [0.1, 0.15) is 0 Å². The molecule has 19 heavy (non-hydrogen) atoms. The number of benzene rings is 1. The summed E-state index contributed by atoms with van der Waals surface area (Å²) in [7, 11) is 0. The highest BCUT2D eigenvalue weighted by Crippen LogP contribution is 2.25. The molecule has 0 aliphatic carbocycles. The van der Waals surface area contributed by atoms with Gasteiger partial charge in [-0.05, 0) is 44.5 Å². The molecule has 0 saturated carbocycles. The van der Waals surface area contributed by atoms with Crippen molar-refractivity contribution in [3.63, 3.8) is 0 Å². The summed E-state index contributed by atoms with van der Waals surface area (Å²) in [6, 6.07) is 12.7. The topological polar surface area (TPSA) is 12.0 Å². The summed E-state index contributed by atoms with van der Waals surface area (Å²) < 4.78 is 0. The van der Waals surface area contributed by atoms with Crippen LogP contribution in [0.15, 0.2) is 36.4 Å². The lowest BCUT2D eigenvalue weighted by atomic mass is 10.1. The van der Waals surface area contributed by atoms with Crippen LogP contribution in [0.5, 0.6) is 0 Å². The van der Waals surface area contributed by atoms with Gasteiger partial charge in [-0.15, -0.1) is 11.3 Å². The van der Waals surface area contributed by atoms with E-state index in [4.69, 9.17) is 0 Å². The second-order valence-corrected chi connectivity index (χ2v) is 6.10. The van der Waals surface area contributed by atoms with Crippen molar-refractivity contribution in [2.75, 3.05) is 6.54 Å². The second kappa shape index (κ2) is 6.56. The largest absolute Gasteiger partial charge is 0.300 e. The van der Waals surface area contributed by atoms with Crippen LogP contribution in [0.3, 0.4) is 0 Å². The van der Waals surface area contributed by atoms with Crippen molar-refractivity contribution >= 4 is 11.3 Å². The van der Waals surface area contributed by atoms with Gasteiger partial charge in [0.2, 0.25) is 0 Å². The Morgan fingerprint density at radius 2 is 1.95 bits per heavy atom. The highest BCUT2D eigenvalue weighted by Gasteiger charge is 2.09. The van der Waals surface area contributed by atoms with Gasteiger partial charge in [0.15, 0.2) is 0 Å². The molecule has 2 rings (SSSR count). The molecule has 0 amide bonds. The van der Waals surface area contributed by atoms with Crippen molar-refractivity contribution in [1.29, 1.82) is 0 Å². The van der Waals surface area contributed by atoms with Gasteiger partial charge in [0, 0.05) is 21.4 Å². The highest BCUT2D eigenvalue weighted by atomic mass is 32.1. The lowest BCUT2D eigenvalue weighted by molar-refractivity contribution is 0.622. The Morgan fingerprint density at radius 3 is 2.58 bits per heavy atom. The van der Waals surface area contributed by atoms with E-state index >= 15 is 0 Å². The summed E-state index contributed by atoms with van der Waals surface area (Å²) >= 11 is 1.86. The first-order valence-electron chi connectivity index (χ1n) is 6.51. The van der Waals surface area contributed by atoms with Crippen molar-refractivity contribution < 1.29 is 0 Å². The maximum Gasteiger partial charge on any atom is 0.0584 e. The molecule has 0 radical (unpaired) electrons. The molecule has 0 aliphatic rings. The number of hydrogen-bond acceptors (Lipinski definition) is 2. The summed E-state index contributed by atoms with van der Waals surface area (Å²) in [5, 5.41) is 3.46. The molecular weight excluding hydrogens is 250 g/mol. The zero-order chi connectivity index (χ0) is 13.7. The van der Waals surface area contributed by atoms with E-state index in [-0.39, 0.29) is 0 Å². The zero-order valence-corrected chi connectivity index (χ0v) is 12.5. The molecule has 0 bridgehead atoms. The number of aryl methyl sites for hydroxylation is 2. The van der Waals surface area contributed by atoms with Crippen molar-refractivity contribution in [2.24, 2.45) is 0 Å². The molecule has 1 nitrogen and oxygen atoms in total. The Labute approximate surface area is 119 Å². The van der Waals surface area contributed by atoms with Crippen LogP contribution in [0, 0.1) is 25.7 Å². The first-order chi connectivity index (χ1) is 9.16. The Morgan fingerprint density at radius 1 is 1.21 bits per heavy atom. The minimum atomic E-state index is 0.357. The monoisotopic (exact) mass is 269 g/mol. The quantitative estimate of drug-likeness (QED) is 0.828. The van der Waals surface area contributed by atoms with Crippen molar-refractivity contribution in [1.82, 2.24) is 5.32 Å². The Bertz CT molecular complexity index is 587. The average molecular weight is 269 g/mol. The predicted molar refractivity (Wildman–Crippen MR) is 83.5 cm³/mol. The zero-order valence-electron chi connectivity index (χ0n) is 11.7. The van der Waals surface area contributed by atoms with E-state index in [2.05, 4.69) is 44.0 Å². The molecule has 2 heteroatoms. The van der Waals surface area contributed by atoms with Crippen LogP contribution in [0.4, 0.5) is 0 Å². The standard InChI is InChI=1S/C17H19NS/c1-13-12-17(15(3)19-13)14(2)18-11-7-10-16-8-5-4-6-9-16/h4-6,8-9,12,14,18H,11H2,1-3H3. The highest BCUT2D eigenvalue weighted by molar-refractivity contribution is 7.12. The molecule has 1 atom stereocenters. The summed E-state index contributed by atoms with van der Waals surface area (Å²) in [5.74, 6) is 6.33.